The zero-order valence-electron chi connectivity index (χ0n) is 12.1. The highest BCUT2D eigenvalue weighted by atomic mass is 16.5. The number of carboxylic acid groups (broad SMARTS) is 1. The average Bonchev–Trinajstić information content (AvgIpc) is 2.96. The van der Waals surface area contributed by atoms with E-state index in [1.165, 1.54) is 0 Å². The molecule has 0 aliphatic carbocycles. The molecule has 6 nitrogen and oxygen atoms in total. The predicted molar refractivity (Wildman–Crippen MR) is 81.6 cm³/mol. The molecule has 2 N–H and O–H groups in total. The second-order valence-electron chi connectivity index (χ2n) is 4.69. The number of fused-ring (bicyclic) bond motifs is 1. The number of methoxy groups -OCH3 is 2. The van der Waals surface area contributed by atoms with Gasteiger partial charge in [-0.25, -0.2) is 9.78 Å². The number of carboxylic acids is 1. The number of benzene rings is 2. The van der Waals surface area contributed by atoms with Gasteiger partial charge in [0.2, 0.25) is 0 Å². The van der Waals surface area contributed by atoms with Crippen LogP contribution in [-0.2, 0) is 0 Å². The topological polar surface area (TPSA) is 84.4 Å². The summed E-state index contributed by atoms with van der Waals surface area (Å²) in [5.74, 6) is 0.925. The minimum absolute atomic E-state index is 0.239. The third-order valence-electron chi connectivity index (χ3n) is 3.39. The number of hydrogen-bond donors (Lipinski definition) is 2. The molecule has 0 fully saturated rings. The van der Waals surface area contributed by atoms with E-state index >= 15 is 0 Å². The molecule has 0 unspecified atom stereocenters. The molecule has 0 amide bonds. The number of nitrogens with one attached hydrogen (secondary N) is 1. The second-order valence-corrected chi connectivity index (χ2v) is 4.69. The number of ether oxygens (including phenoxy) is 2. The molecular formula is C16H14N2O4. The quantitative estimate of drug-likeness (QED) is 0.773. The van der Waals surface area contributed by atoms with Crippen LogP contribution in [0.15, 0.2) is 36.4 Å². The molecular weight excluding hydrogens is 284 g/mol. The van der Waals surface area contributed by atoms with Gasteiger partial charge in [0.1, 0.15) is 5.82 Å². The highest BCUT2D eigenvalue weighted by Crippen LogP contribution is 2.32. The summed E-state index contributed by atoms with van der Waals surface area (Å²) in [5.41, 5.74) is 2.60. The molecule has 0 aliphatic heterocycles. The van der Waals surface area contributed by atoms with E-state index in [0.717, 1.165) is 16.6 Å². The van der Waals surface area contributed by atoms with E-state index in [1.807, 2.05) is 6.07 Å². The molecule has 0 bridgehead atoms. The maximum absolute atomic E-state index is 10.9. The summed E-state index contributed by atoms with van der Waals surface area (Å²) in [7, 11) is 3.15. The van der Waals surface area contributed by atoms with Gasteiger partial charge in [-0.3, -0.25) is 0 Å². The van der Waals surface area contributed by atoms with Crippen molar-refractivity contribution in [2.45, 2.75) is 0 Å². The van der Waals surface area contributed by atoms with Crippen LogP contribution in [0, 0.1) is 0 Å². The molecule has 112 valence electrons. The van der Waals surface area contributed by atoms with E-state index in [4.69, 9.17) is 14.6 Å². The first-order chi connectivity index (χ1) is 10.6. The molecule has 0 saturated heterocycles. The minimum atomic E-state index is -0.953. The number of hydrogen-bond acceptors (Lipinski definition) is 4. The molecule has 0 saturated carbocycles. The fourth-order valence-electron chi connectivity index (χ4n) is 2.24. The maximum Gasteiger partial charge on any atom is 0.335 e. The van der Waals surface area contributed by atoms with Crippen LogP contribution in [-0.4, -0.2) is 35.3 Å². The van der Waals surface area contributed by atoms with E-state index in [0.29, 0.717) is 17.3 Å². The molecule has 1 heterocycles. The van der Waals surface area contributed by atoms with E-state index in [2.05, 4.69) is 9.97 Å². The highest BCUT2D eigenvalue weighted by Gasteiger charge is 2.11. The Bertz CT molecular complexity index is 796. The van der Waals surface area contributed by atoms with Crippen molar-refractivity contribution in [3.63, 3.8) is 0 Å². The Balaban J connectivity index is 2.06. The van der Waals surface area contributed by atoms with Crippen LogP contribution in [0.1, 0.15) is 10.4 Å². The molecule has 2 aromatic carbocycles. The van der Waals surface area contributed by atoms with Gasteiger partial charge in [0.25, 0.3) is 0 Å². The Kier molecular flexibility index (Phi) is 3.42. The third kappa shape index (κ3) is 2.35. The largest absolute Gasteiger partial charge is 0.493 e. The summed E-state index contributed by atoms with van der Waals surface area (Å²) >= 11 is 0. The summed E-state index contributed by atoms with van der Waals surface area (Å²) in [4.78, 5) is 18.6. The van der Waals surface area contributed by atoms with Gasteiger partial charge in [-0.05, 0) is 12.1 Å². The lowest BCUT2D eigenvalue weighted by Crippen LogP contribution is -1.95. The first-order valence-electron chi connectivity index (χ1n) is 6.58. The Morgan fingerprint density at radius 3 is 2.32 bits per heavy atom. The van der Waals surface area contributed by atoms with Gasteiger partial charge in [-0.2, -0.15) is 0 Å². The fourth-order valence-corrected chi connectivity index (χ4v) is 2.24. The Morgan fingerprint density at radius 2 is 1.73 bits per heavy atom. The van der Waals surface area contributed by atoms with E-state index in [9.17, 15) is 4.79 Å². The SMILES string of the molecule is COc1cc2nc(-c3ccc(C(=O)O)cc3)[nH]c2cc1OC. The molecule has 0 spiro atoms. The summed E-state index contributed by atoms with van der Waals surface area (Å²) in [6.07, 6.45) is 0. The van der Waals surface area contributed by atoms with Crippen molar-refractivity contribution in [1.82, 2.24) is 9.97 Å². The van der Waals surface area contributed by atoms with E-state index in [1.54, 1.807) is 44.6 Å². The van der Waals surface area contributed by atoms with Crippen molar-refractivity contribution >= 4 is 17.0 Å². The smallest absolute Gasteiger partial charge is 0.335 e. The van der Waals surface area contributed by atoms with Gasteiger partial charge in [0.05, 0.1) is 30.8 Å². The molecule has 22 heavy (non-hydrogen) atoms. The molecule has 0 atom stereocenters. The van der Waals surface area contributed by atoms with E-state index < -0.39 is 5.97 Å². The lowest BCUT2D eigenvalue weighted by molar-refractivity contribution is 0.0697. The molecule has 1 aromatic heterocycles. The zero-order chi connectivity index (χ0) is 15.7. The van der Waals surface area contributed by atoms with Gasteiger partial charge in [-0.1, -0.05) is 12.1 Å². The third-order valence-corrected chi connectivity index (χ3v) is 3.39. The van der Waals surface area contributed by atoms with Crippen LogP contribution in [0.3, 0.4) is 0 Å². The molecule has 3 aromatic rings. The van der Waals surface area contributed by atoms with E-state index in [-0.39, 0.29) is 5.56 Å². The number of carbonyl (C=O) groups is 1. The molecule has 3 rings (SSSR count). The van der Waals surface area contributed by atoms with Crippen LogP contribution in [0.5, 0.6) is 11.5 Å². The number of rotatable bonds is 4. The van der Waals surface area contributed by atoms with Crippen LogP contribution >= 0.6 is 0 Å². The van der Waals surface area contributed by atoms with Crippen LogP contribution in [0.2, 0.25) is 0 Å². The summed E-state index contributed by atoms with van der Waals surface area (Å²) in [5, 5.41) is 8.92. The van der Waals surface area contributed by atoms with Crippen molar-refractivity contribution < 1.29 is 19.4 Å². The lowest BCUT2D eigenvalue weighted by Gasteiger charge is -2.06. The van der Waals surface area contributed by atoms with Gasteiger partial charge in [-0.15, -0.1) is 0 Å². The van der Waals surface area contributed by atoms with Crippen molar-refractivity contribution in [2.75, 3.05) is 14.2 Å². The van der Waals surface area contributed by atoms with Gasteiger partial charge >= 0.3 is 5.97 Å². The number of aromatic nitrogens is 2. The Morgan fingerprint density at radius 1 is 1.09 bits per heavy atom. The summed E-state index contributed by atoms with van der Waals surface area (Å²) < 4.78 is 10.5. The predicted octanol–water partition coefficient (Wildman–Crippen LogP) is 2.95. The van der Waals surface area contributed by atoms with Crippen LogP contribution in [0.25, 0.3) is 22.4 Å². The van der Waals surface area contributed by atoms with Gasteiger partial charge in [0, 0.05) is 17.7 Å². The Labute approximate surface area is 126 Å². The first kappa shape index (κ1) is 13.9. The average molecular weight is 298 g/mol. The number of aromatic carboxylic acids is 1. The van der Waals surface area contributed by atoms with Crippen molar-refractivity contribution in [3.05, 3.63) is 42.0 Å². The number of imidazole rings is 1. The highest BCUT2D eigenvalue weighted by molar-refractivity contribution is 5.88. The lowest BCUT2D eigenvalue weighted by atomic mass is 10.1. The molecule has 0 aliphatic rings. The van der Waals surface area contributed by atoms with Gasteiger partial charge < -0.3 is 19.6 Å². The van der Waals surface area contributed by atoms with Crippen LogP contribution in [0.4, 0.5) is 0 Å². The van der Waals surface area contributed by atoms with Crippen molar-refractivity contribution in [1.29, 1.82) is 0 Å². The summed E-state index contributed by atoms with van der Waals surface area (Å²) in [6.45, 7) is 0. The maximum atomic E-state index is 10.9. The first-order valence-corrected chi connectivity index (χ1v) is 6.58. The molecule has 0 radical (unpaired) electrons. The van der Waals surface area contributed by atoms with Crippen molar-refractivity contribution in [2.24, 2.45) is 0 Å². The monoisotopic (exact) mass is 298 g/mol. The number of H-pyrrole nitrogens is 1. The Hall–Kier alpha value is -3.02. The van der Waals surface area contributed by atoms with Gasteiger partial charge in [0.15, 0.2) is 11.5 Å². The number of nitrogens with zero attached hydrogens (tertiary/aromatic N) is 1. The summed E-state index contributed by atoms with van der Waals surface area (Å²) in [6, 6.07) is 10.1. The zero-order valence-corrected chi connectivity index (χ0v) is 12.1. The molecule has 6 heteroatoms. The standard InChI is InChI=1S/C16H14N2O4/c1-21-13-7-11-12(8-14(13)22-2)18-15(17-11)9-3-5-10(6-4-9)16(19)20/h3-8H,1-2H3,(H,17,18)(H,19,20). The van der Waals surface area contributed by atoms with Crippen LogP contribution < -0.4 is 9.47 Å². The fraction of sp³-hybridized carbons (Fsp3) is 0.125. The second kappa shape index (κ2) is 5.40. The number of aromatic amines is 1. The normalized spacial score (nSPS) is 10.6. The minimum Gasteiger partial charge on any atom is -0.493 e. The van der Waals surface area contributed by atoms with Crippen molar-refractivity contribution in [3.8, 4) is 22.9 Å².